The molecule has 108 valence electrons. The Labute approximate surface area is 120 Å². The van der Waals surface area contributed by atoms with Gasteiger partial charge in [0.05, 0.1) is 6.57 Å². The highest BCUT2D eigenvalue weighted by Gasteiger charge is 2.50. The molecular formula is C16H22N2O2. The van der Waals surface area contributed by atoms with Crippen molar-refractivity contribution in [2.75, 3.05) is 13.1 Å². The number of allylic oxidation sites excluding steroid dienone is 2. The van der Waals surface area contributed by atoms with Crippen LogP contribution in [0.5, 0.6) is 0 Å². The first-order chi connectivity index (χ1) is 9.28. The van der Waals surface area contributed by atoms with Gasteiger partial charge in [-0.1, -0.05) is 32.4 Å². The third-order valence-electron chi connectivity index (χ3n) is 4.94. The van der Waals surface area contributed by atoms with Gasteiger partial charge in [0.2, 0.25) is 11.6 Å². The maximum Gasteiger partial charge on any atom is 0.219 e. The van der Waals surface area contributed by atoms with E-state index < -0.39 is 5.41 Å². The summed E-state index contributed by atoms with van der Waals surface area (Å²) in [5.74, 6) is 0.276. The Morgan fingerprint density at radius 3 is 2.70 bits per heavy atom. The Balaban J connectivity index is 2.56. The summed E-state index contributed by atoms with van der Waals surface area (Å²) < 4.78 is 0. The molecule has 0 bridgehead atoms. The van der Waals surface area contributed by atoms with E-state index >= 15 is 0 Å². The third kappa shape index (κ3) is 1.93. The van der Waals surface area contributed by atoms with Gasteiger partial charge in [0.25, 0.3) is 0 Å². The van der Waals surface area contributed by atoms with Gasteiger partial charge in [0.15, 0.2) is 0 Å². The molecule has 1 aliphatic heterocycles. The van der Waals surface area contributed by atoms with Crippen molar-refractivity contribution >= 4 is 5.91 Å². The van der Waals surface area contributed by atoms with Crippen molar-refractivity contribution in [3.8, 4) is 0 Å². The predicted molar refractivity (Wildman–Crippen MR) is 77.7 cm³/mol. The molecule has 2 atom stereocenters. The van der Waals surface area contributed by atoms with Gasteiger partial charge in [0, 0.05) is 30.8 Å². The summed E-state index contributed by atoms with van der Waals surface area (Å²) in [7, 11) is 0. The lowest BCUT2D eigenvalue weighted by atomic mass is 9.59. The van der Waals surface area contributed by atoms with Crippen LogP contribution in [0.15, 0.2) is 23.1 Å². The molecular weight excluding hydrogens is 252 g/mol. The summed E-state index contributed by atoms with van der Waals surface area (Å²) in [6, 6.07) is 0. The molecule has 0 spiro atoms. The Kier molecular flexibility index (Phi) is 3.41. The SMILES string of the molecule is [C-]#[N+]C1=C(O)[C@@](C)(CC)C2=CCN(C(C)=O)C[C@]2(C)C1. The number of nitrogens with zero attached hydrogens (tertiary/aromatic N) is 2. The van der Waals surface area contributed by atoms with Crippen molar-refractivity contribution in [2.24, 2.45) is 10.8 Å². The fourth-order valence-electron chi connectivity index (χ4n) is 3.65. The number of carbonyl (C=O) groups excluding carboxylic acids is 1. The maximum absolute atomic E-state index is 11.6. The van der Waals surface area contributed by atoms with Crippen molar-refractivity contribution in [3.05, 3.63) is 34.5 Å². The number of aliphatic hydroxyl groups excluding tert-OH is 1. The number of rotatable bonds is 1. The first-order valence-corrected chi connectivity index (χ1v) is 7.05. The lowest BCUT2D eigenvalue weighted by Gasteiger charge is -2.50. The third-order valence-corrected chi connectivity index (χ3v) is 4.94. The van der Waals surface area contributed by atoms with E-state index in [2.05, 4.69) is 17.8 Å². The molecule has 4 heteroatoms. The first kappa shape index (κ1) is 14.6. The van der Waals surface area contributed by atoms with Gasteiger partial charge in [-0.25, -0.2) is 4.85 Å². The van der Waals surface area contributed by atoms with Crippen LogP contribution in [-0.4, -0.2) is 29.0 Å². The molecule has 0 fully saturated rings. The summed E-state index contributed by atoms with van der Waals surface area (Å²) in [6.07, 6.45) is 3.33. The van der Waals surface area contributed by atoms with Gasteiger partial charge >= 0.3 is 0 Å². The van der Waals surface area contributed by atoms with E-state index in [9.17, 15) is 9.90 Å². The molecule has 2 aliphatic rings. The summed E-state index contributed by atoms with van der Waals surface area (Å²) in [5.41, 5.74) is 0.894. The number of fused-ring (bicyclic) bond motifs is 1. The lowest BCUT2D eigenvalue weighted by Crippen LogP contribution is -2.49. The molecule has 1 heterocycles. The van der Waals surface area contributed by atoms with E-state index in [-0.39, 0.29) is 17.1 Å². The van der Waals surface area contributed by atoms with E-state index in [1.165, 1.54) is 5.57 Å². The van der Waals surface area contributed by atoms with Crippen LogP contribution in [0.2, 0.25) is 0 Å². The van der Waals surface area contributed by atoms with Crippen molar-refractivity contribution in [3.63, 3.8) is 0 Å². The van der Waals surface area contributed by atoms with Crippen LogP contribution >= 0.6 is 0 Å². The highest BCUT2D eigenvalue weighted by molar-refractivity contribution is 5.74. The lowest BCUT2D eigenvalue weighted by molar-refractivity contribution is -0.130. The Bertz CT molecular complexity index is 555. The monoisotopic (exact) mass is 274 g/mol. The summed E-state index contributed by atoms with van der Waals surface area (Å²) in [4.78, 5) is 17.0. The number of aliphatic hydroxyl groups is 1. The number of hydrogen-bond acceptors (Lipinski definition) is 2. The Morgan fingerprint density at radius 2 is 2.20 bits per heavy atom. The predicted octanol–water partition coefficient (Wildman–Crippen LogP) is 3.29. The van der Waals surface area contributed by atoms with Crippen LogP contribution in [0.1, 0.15) is 40.5 Å². The van der Waals surface area contributed by atoms with Crippen molar-refractivity contribution in [1.29, 1.82) is 0 Å². The van der Waals surface area contributed by atoms with E-state index in [0.717, 1.165) is 6.42 Å². The normalized spacial score (nSPS) is 33.4. The molecule has 0 aromatic rings. The largest absolute Gasteiger partial charge is 0.523 e. The molecule has 0 aromatic heterocycles. The second-order valence-corrected chi connectivity index (χ2v) is 6.35. The average molecular weight is 274 g/mol. The zero-order chi connectivity index (χ0) is 15.1. The van der Waals surface area contributed by atoms with Gasteiger partial charge in [-0.2, -0.15) is 0 Å². The highest BCUT2D eigenvalue weighted by atomic mass is 16.3. The molecule has 1 aliphatic carbocycles. The molecule has 1 N–H and O–H groups in total. The topological polar surface area (TPSA) is 44.9 Å². The highest BCUT2D eigenvalue weighted by Crippen LogP contribution is 2.55. The minimum Gasteiger partial charge on any atom is -0.523 e. The van der Waals surface area contributed by atoms with Crippen LogP contribution < -0.4 is 0 Å². The first-order valence-electron chi connectivity index (χ1n) is 7.05. The van der Waals surface area contributed by atoms with E-state index in [4.69, 9.17) is 6.57 Å². The number of carbonyl (C=O) groups is 1. The zero-order valence-corrected chi connectivity index (χ0v) is 12.7. The fraction of sp³-hybridized carbons (Fsp3) is 0.625. The van der Waals surface area contributed by atoms with Crippen LogP contribution in [0.4, 0.5) is 0 Å². The summed E-state index contributed by atoms with van der Waals surface area (Å²) >= 11 is 0. The summed E-state index contributed by atoms with van der Waals surface area (Å²) in [6.45, 7) is 16.2. The number of hydrogen-bond donors (Lipinski definition) is 1. The quantitative estimate of drug-likeness (QED) is 0.589. The molecule has 2 rings (SSSR count). The van der Waals surface area contributed by atoms with Gasteiger partial charge < -0.3 is 10.0 Å². The molecule has 0 unspecified atom stereocenters. The fourth-order valence-corrected chi connectivity index (χ4v) is 3.65. The van der Waals surface area contributed by atoms with E-state index in [0.29, 0.717) is 25.2 Å². The smallest absolute Gasteiger partial charge is 0.219 e. The minimum atomic E-state index is -0.476. The maximum atomic E-state index is 11.6. The van der Waals surface area contributed by atoms with Gasteiger partial charge in [0.1, 0.15) is 5.76 Å². The molecule has 1 amide bonds. The van der Waals surface area contributed by atoms with Crippen LogP contribution in [0, 0.1) is 17.4 Å². The number of amides is 1. The van der Waals surface area contributed by atoms with Crippen LogP contribution in [0.25, 0.3) is 4.85 Å². The van der Waals surface area contributed by atoms with Crippen molar-refractivity contribution < 1.29 is 9.90 Å². The van der Waals surface area contributed by atoms with Crippen molar-refractivity contribution in [1.82, 2.24) is 4.90 Å². The van der Waals surface area contributed by atoms with Gasteiger partial charge in [-0.05, 0) is 12.8 Å². The summed E-state index contributed by atoms with van der Waals surface area (Å²) in [5, 5.41) is 10.5. The van der Waals surface area contributed by atoms with Crippen molar-refractivity contribution in [2.45, 2.75) is 40.5 Å². The molecule has 4 nitrogen and oxygen atoms in total. The van der Waals surface area contributed by atoms with E-state index in [1.807, 2.05) is 18.7 Å². The Hall–Kier alpha value is -1.76. The second kappa shape index (κ2) is 4.66. The average Bonchev–Trinajstić information content (AvgIpc) is 2.42. The van der Waals surface area contributed by atoms with Crippen LogP contribution in [-0.2, 0) is 4.79 Å². The van der Waals surface area contributed by atoms with Crippen LogP contribution in [0.3, 0.4) is 0 Å². The Morgan fingerprint density at radius 1 is 1.55 bits per heavy atom. The molecule has 20 heavy (non-hydrogen) atoms. The second-order valence-electron chi connectivity index (χ2n) is 6.35. The molecule has 0 saturated carbocycles. The molecule has 0 radical (unpaired) electrons. The van der Waals surface area contributed by atoms with Gasteiger partial charge in [-0.3, -0.25) is 4.79 Å². The molecule has 0 aromatic carbocycles. The van der Waals surface area contributed by atoms with Gasteiger partial charge in [-0.15, -0.1) is 0 Å². The zero-order valence-electron chi connectivity index (χ0n) is 12.7. The molecule has 0 saturated heterocycles. The van der Waals surface area contributed by atoms with E-state index in [1.54, 1.807) is 6.92 Å². The minimum absolute atomic E-state index is 0.0582. The standard InChI is InChI=1S/C16H22N2O2/c1-6-16(4)13-7-8-18(11(2)19)10-15(13,3)9-12(17-5)14(16)20/h7,20H,6,8-10H2,1-4H3/t15-,16-/m0/s1.